The van der Waals surface area contributed by atoms with E-state index in [2.05, 4.69) is 4.98 Å². The number of aromatic nitrogens is 1. The topological polar surface area (TPSA) is 12.9 Å². The van der Waals surface area contributed by atoms with Gasteiger partial charge in [-0.15, -0.1) is 0 Å². The van der Waals surface area contributed by atoms with Crippen LogP contribution in [0.4, 0.5) is 8.78 Å². The van der Waals surface area contributed by atoms with Crippen molar-refractivity contribution >= 4 is 0 Å². The van der Waals surface area contributed by atoms with Gasteiger partial charge in [0.25, 0.3) is 0 Å². The number of hydrogen-bond donors (Lipinski definition) is 0. The molecular formula is C11H7F2N. The molecule has 70 valence electrons. The first-order valence-corrected chi connectivity index (χ1v) is 4.13. The lowest BCUT2D eigenvalue weighted by molar-refractivity contribution is 0.509. The summed E-state index contributed by atoms with van der Waals surface area (Å²) in [5.74, 6) is -1.68. The Morgan fingerprint density at radius 2 is 1.79 bits per heavy atom. The predicted molar refractivity (Wildman–Crippen MR) is 49.6 cm³/mol. The molecule has 1 aromatic heterocycles. The molecular weight excluding hydrogens is 184 g/mol. The summed E-state index contributed by atoms with van der Waals surface area (Å²) in [6, 6.07) is 7.33. The molecule has 0 radical (unpaired) electrons. The number of halogens is 2. The van der Waals surface area contributed by atoms with Gasteiger partial charge in [0.1, 0.15) is 0 Å². The minimum atomic E-state index is -0.841. The Bertz CT molecular complexity index is 440. The number of rotatable bonds is 1. The molecule has 0 aliphatic heterocycles. The van der Waals surface area contributed by atoms with Crippen molar-refractivity contribution in [2.24, 2.45) is 0 Å². The van der Waals surface area contributed by atoms with E-state index in [-0.39, 0.29) is 0 Å². The Kier molecular flexibility index (Phi) is 2.23. The third-order valence-corrected chi connectivity index (χ3v) is 1.91. The molecule has 0 fully saturated rings. The van der Waals surface area contributed by atoms with Crippen LogP contribution in [-0.4, -0.2) is 4.98 Å². The van der Waals surface area contributed by atoms with Gasteiger partial charge < -0.3 is 0 Å². The number of nitrogens with zero attached hydrogens (tertiary/aromatic N) is 1. The Morgan fingerprint density at radius 1 is 0.929 bits per heavy atom. The fourth-order valence-corrected chi connectivity index (χ4v) is 1.21. The molecule has 0 unspecified atom stereocenters. The molecule has 0 bridgehead atoms. The Hall–Kier alpha value is -1.77. The van der Waals surface area contributed by atoms with E-state index in [0.29, 0.717) is 5.56 Å². The molecule has 0 aliphatic rings. The van der Waals surface area contributed by atoms with E-state index in [9.17, 15) is 8.78 Å². The minimum Gasteiger partial charge on any atom is -0.264 e. The first-order chi connectivity index (χ1) is 6.77. The van der Waals surface area contributed by atoms with Crippen LogP contribution in [0.5, 0.6) is 0 Å². The Balaban J connectivity index is 2.48. The molecule has 0 spiro atoms. The van der Waals surface area contributed by atoms with Crippen molar-refractivity contribution in [1.29, 1.82) is 0 Å². The van der Waals surface area contributed by atoms with Gasteiger partial charge in [0, 0.05) is 18.0 Å². The molecule has 2 rings (SSSR count). The lowest BCUT2D eigenvalue weighted by atomic mass is 10.1. The molecule has 14 heavy (non-hydrogen) atoms. The van der Waals surface area contributed by atoms with E-state index in [1.165, 1.54) is 6.07 Å². The van der Waals surface area contributed by atoms with Gasteiger partial charge in [0.15, 0.2) is 11.6 Å². The molecule has 0 atom stereocenters. The normalized spacial score (nSPS) is 10.1. The zero-order chi connectivity index (χ0) is 9.97. The second kappa shape index (κ2) is 3.54. The van der Waals surface area contributed by atoms with Crippen LogP contribution in [0.2, 0.25) is 0 Å². The summed E-state index contributed by atoms with van der Waals surface area (Å²) in [7, 11) is 0. The summed E-state index contributed by atoms with van der Waals surface area (Å²) in [5, 5.41) is 0. The molecule has 0 saturated heterocycles. The Morgan fingerprint density at radius 3 is 2.43 bits per heavy atom. The van der Waals surface area contributed by atoms with Gasteiger partial charge in [-0.2, -0.15) is 0 Å². The number of pyridine rings is 1. The van der Waals surface area contributed by atoms with Crippen LogP contribution in [0.1, 0.15) is 0 Å². The van der Waals surface area contributed by atoms with E-state index in [1.807, 2.05) is 0 Å². The standard InChI is InChI=1S/C11H7F2N/c12-10-4-3-8(6-11(10)13)9-2-1-5-14-7-9/h1-7H. The average molecular weight is 191 g/mol. The monoisotopic (exact) mass is 191 g/mol. The number of benzene rings is 1. The Labute approximate surface area is 80.0 Å². The van der Waals surface area contributed by atoms with Gasteiger partial charge in [0.05, 0.1) is 0 Å². The fourth-order valence-electron chi connectivity index (χ4n) is 1.21. The summed E-state index contributed by atoms with van der Waals surface area (Å²) in [6.07, 6.45) is 3.23. The molecule has 0 aliphatic carbocycles. The van der Waals surface area contributed by atoms with Crippen molar-refractivity contribution in [1.82, 2.24) is 4.98 Å². The maximum Gasteiger partial charge on any atom is 0.159 e. The third kappa shape index (κ3) is 1.62. The van der Waals surface area contributed by atoms with Crippen LogP contribution in [0.15, 0.2) is 42.7 Å². The molecule has 1 heterocycles. The molecule has 0 N–H and O–H groups in total. The van der Waals surface area contributed by atoms with E-state index < -0.39 is 11.6 Å². The zero-order valence-electron chi connectivity index (χ0n) is 7.24. The third-order valence-electron chi connectivity index (χ3n) is 1.91. The van der Waals surface area contributed by atoms with Crippen molar-refractivity contribution in [3.8, 4) is 11.1 Å². The van der Waals surface area contributed by atoms with E-state index in [0.717, 1.165) is 17.7 Å². The van der Waals surface area contributed by atoms with Gasteiger partial charge in [-0.25, -0.2) is 8.78 Å². The minimum absolute atomic E-state index is 0.622. The second-order valence-electron chi connectivity index (χ2n) is 2.87. The van der Waals surface area contributed by atoms with Crippen molar-refractivity contribution in [3.63, 3.8) is 0 Å². The molecule has 0 amide bonds. The molecule has 0 saturated carbocycles. The smallest absolute Gasteiger partial charge is 0.159 e. The molecule has 1 nitrogen and oxygen atoms in total. The average Bonchev–Trinajstić information content (AvgIpc) is 2.23. The van der Waals surface area contributed by atoms with E-state index in [1.54, 1.807) is 24.5 Å². The van der Waals surface area contributed by atoms with Crippen LogP contribution < -0.4 is 0 Å². The maximum atomic E-state index is 12.9. The highest BCUT2D eigenvalue weighted by Crippen LogP contribution is 2.19. The van der Waals surface area contributed by atoms with Crippen LogP contribution in [0.25, 0.3) is 11.1 Å². The highest BCUT2D eigenvalue weighted by molar-refractivity contribution is 5.62. The van der Waals surface area contributed by atoms with Gasteiger partial charge in [-0.3, -0.25) is 4.98 Å². The summed E-state index contributed by atoms with van der Waals surface area (Å²) in [6.45, 7) is 0. The molecule has 3 heteroatoms. The van der Waals surface area contributed by atoms with Gasteiger partial charge in [0.2, 0.25) is 0 Å². The van der Waals surface area contributed by atoms with E-state index in [4.69, 9.17) is 0 Å². The highest BCUT2D eigenvalue weighted by Gasteiger charge is 2.03. The van der Waals surface area contributed by atoms with Crippen molar-refractivity contribution < 1.29 is 8.78 Å². The lowest BCUT2D eigenvalue weighted by Gasteiger charge is -2.00. The molecule has 2 aromatic rings. The lowest BCUT2D eigenvalue weighted by Crippen LogP contribution is -1.85. The van der Waals surface area contributed by atoms with Crippen molar-refractivity contribution in [2.45, 2.75) is 0 Å². The van der Waals surface area contributed by atoms with Crippen molar-refractivity contribution in [2.75, 3.05) is 0 Å². The predicted octanol–water partition coefficient (Wildman–Crippen LogP) is 3.03. The highest BCUT2D eigenvalue weighted by atomic mass is 19.2. The SMILES string of the molecule is Fc1ccc(-c2cccnc2)cc1F. The molecule has 1 aromatic carbocycles. The summed E-state index contributed by atoms with van der Waals surface area (Å²) >= 11 is 0. The fraction of sp³-hybridized carbons (Fsp3) is 0. The van der Waals surface area contributed by atoms with Crippen LogP contribution in [0, 0.1) is 11.6 Å². The summed E-state index contributed by atoms with van der Waals surface area (Å²) in [5.41, 5.74) is 1.39. The maximum absolute atomic E-state index is 12.9. The van der Waals surface area contributed by atoms with Crippen LogP contribution >= 0.6 is 0 Å². The van der Waals surface area contributed by atoms with Crippen molar-refractivity contribution in [3.05, 3.63) is 54.4 Å². The quantitative estimate of drug-likeness (QED) is 0.675. The van der Waals surface area contributed by atoms with E-state index >= 15 is 0 Å². The first-order valence-electron chi connectivity index (χ1n) is 4.13. The van der Waals surface area contributed by atoms with Gasteiger partial charge >= 0.3 is 0 Å². The largest absolute Gasteiger partial charge is 0.264 e. The number of hydrogen-bond acceptors (Lipinski definition) is 1. The van der Waals surface area contributed by atoms with Gasteiger partial charge in [-0.1, -0.05) is 12.1 Å². The summed E-state index contributed by atoms with van der Waals surface area (Å²) < 4.78 is 25.5. The zero-order valence-corrected chi connectivity index (χ0v) is 7.24. The van der Waals surface area contributed by atoms with Crippen LogP contribution in [0.3, 0.4) is 0 Å². The van der Waals surface area contributed by atoms with Gasteiger partial charge in [-0.05, 0) is 23.8 Å². The second-order valence-corrected chi connectivity index (χ2v) is 2.87. The van der Waals surface area contributed by atoms with Crippen LogP contribution in [-0.2, 0) is 0 Å². The first kappa shape index (κ1) is 8.81. The summed E-state index contributed by atoms with van der Waals surface area (Å²) in [4.78, 5) is 3.90.